The minimum Gasteiger partial charge on any atom is -0.306 e. The van der Waals surface area contributed by atoms with E-state index in [9.17, 15) is 9.18 Å². The van der Waals surface area contributed by atoms with Crippen molar-refractivity contribution in [3.8, 4) is 5.95 Å². The average Bonchev–Trinajstić information content (AvgIpc) is 3.40. The molecular weight excluding hydrogens is 429 g/mol. The fourth-order valence-electron chi connectivity index (χ4n) is 4.00. The first kappa shape index (κ1) is 21.6. The van der Waals surface area contributed by atoms with Crippen molar-refractivity contribution in [2.75, 3.05) is 5.32 Å². The third-order valence-electron chi connectivity index (χ3n) is 5.81. The minimum atomic E-state index is -0.285. The van der Waals surface area contributed by atoms with Crippen molar-refractivity contribution in [3.63, 3.8) is 0 Å². The van der Waals surface area contributed by atoms with Crippen molar-refractivity contribution in [3.05, 3.63) is 107 Å². The van der Waals surface area contributed by atoms with Crippen LogP contribution < -0.4 is 5.32 Å². The molecule has 5 aromatic rings. The van der Waals surface area contributed by atoms with Gasteiger partial charge in [0.1, 0.15) is 11.6 Å². The highest BCUT2D eigenvalue weighted by molar-refractivity contribution is 6.04. The van der Waals surface area contributed by atoms with Crippen molar-refractivity contribution < 1.29 is 9.18 Å². The summed E-state index contributed by atoms with van der Waals surface area (Å²) in [5.74, 6) is 0.467. The molecular formula is C27H24FN5O. The summed E-state index contributed by atoms with van der Waals surface area (Å²) >= 11 is 0. The average molecular weight is 454 g/mol. The number of hydrogen-bond donors (Lipinski definition) is 1. The topological polar surface area (TPSA) is 64.7 Å². The number of rotatable bonds is 6. The lowest BCUT2D eigenvalue weighted by atomic mass is 10.1. The lowest BCUT2D eigenvalue weighted by Crippen LogP contribution is -2.17. The molecule has 1 amide bonds. The van der Waals surface area contributed by atoms with Crippen LogP contribution in [0.15, 0.2) is 78.9 Å². The summed E-state index contributed by atoms with van der Waals surface area (Å²) in [6.07, 6.45) is 0.909. The number of fused-ring (bicyclic) bond motifs is 1. The summed E-state index contributed by atoms with van der Waals surface area (Å²) in [4.78, 5) is 17.7. The first-order valence-electron chi connectivity index (χ1n) is 11.2. The van der Waals surface area contributed by atoms with Crippen molar-refractivity contribution in [2.24, 2.45) is 0 Å². The van der Waals surface area contributed by atoms with Gasteiger partial charge in [0.05, 0.1) is 23.3 Å². The van der Waals surface area contributed by atoms with Crippen LogP contribution in [0.2, 0.25) is 0 Å². The Kier molecular flexibility index (Phi) is 5.67. The maximum absolute atomic E-state index is 14.5. The van der Waals surface area contributed by atoms with Gasteiger partial charge in [0.15, 0.2) is 0 Å². The van der Waals surface area contributed by atoms with E-state index in [1.54, 1.807) is 22.9 Å². The van der Waals surface area contributed by atoms with Crippen LogP contribution >= 0.6 is 0 Å². The number of imidazole rings is 1. The quantitative estimate of drug-likeness (QED) is 0.368. The van der Waals surface area contributed by atoms with E-state index in [0.29, 0.717) is 22.9 Å². The van der Waals surface area contributed by atoms with Crippen LogP contribution in [-0.4, -0.2) is 25.2 Å². The molecule has 0 fully saturated rings. The number of benzene rings is 3. The molecule has 2 heterocycles. The van der Waals surface area contributed by atoms with E-state index in [-0.39, 0.29) is 18.3 Å². The summed E-state index contributed by atoms with van der Waals surface area (Å²) < 4.78 is 18.0. The smallest absolute Gasteiger partial charge is 0.256 e. The molecule has 0 aliphatic rings. The van der Waals surface area contributed by atoms with E-state index in [1.165, 1.54) is 11.6 Å². The van der Waals surface area contributed by atoms with Crippen molar-refractivity contribution in [1.82, 2.24) is 19.3 Å². The molecule has 1 N–H and O–H groups in total. The van der Waals surface area contributed by atoms with Crippen LogP contribution in [0.25, 0.3) is 17.0 Å². The van der Waals surface area contributed by atoms with E-state index in [4.69, 9.17) is 4.98 Å². The summed E-state index contributed by atoms with van der Waals surface area (Å²) in [5, 5.41) is 7.56. The maximum atomic E-state index is 14.5. The van der Waals surface area contributed by atoms with E-state index in [2.05, 4.69) is 17.3 Å². The molecule has 0 radical (unpaired) electrons. The Balaban J connectivity index is 1.57. The number of aromatic nitrogens is 4. The van der Waals surface area contributed by atoms with E-state index in [0.717, 1.165) is 23.1 Å². The second kappa shape index (κ2) is 8.94. The molecule has 0 aliphatic carbocycles. The summed E-state index contributed by atoms with van der Waals surface area (Å²) in [6, 6.07) is 23.7. The van der Waals surface area contributed by atoms with E-state index in [1.807, 2.05) is 66.1 Å². The third kappa shape index (κ3) is 4.08. The van der Waals surface area contributed by atoms with E-state index < -0.39 is 0 Å². The van der Waals surface area contributed by atoms with Gasteiger partial charge in [-0.15, -0.1) is 0 Å². The SMILES string of the molecule is CCc1ccc(C(=O)Nc2cc(C)nn2-c2nc3ccccc3n2Cc2ccccc2F)cc1. The maximum Gasteiger partial charge on any atom is 0.256 e. The van der Waals surface area contributed by atoms with Crippen LogP contribution in [0.5, 0.6) is 0 Å². The molecule has 34 heavy (non-hydrogen) atoms. The Hall–Kier alpha value is -4.26. The van der Waals surface area contributed by atoms with Gasteiger partial charge in [-0.3, -0.25) is 4.79 Å². The predicted octanol–water partition coefficient (Wildman–Crippen LogP) is 5.53. The number of aryl methyl sites for hydroxylation is 2. The van der Waals surface area contributed by atoms with Crippen LogP contribution in [0, 0.1) is 12.7 Å². The van der Waals surface area contributed by atoms with Crippen LogP contribution in [0.1, 0.15) is 34.1 Å². The van der Waals surface area contributed by atoms with Crippen LogP contribution in [0.4, 0.5) is 10.2 Å². The van der Waals surface area contributed by atoms with Gasteiger partial charge in [-0.1, -0.05) is 49.4 Å². The minimum absolute atomic E-state index is 0.236. The number of amides is 1. The van der Waals surface area contributed by atoms with Gasteiger partial charge >= 0.3 is 0 Å². The molecule has 2 aromatic heterocycles. The number of para-hydroxylation sites is 2. The van der Waals surface area contributed by atoms with Gasteiger partial charge in [0, 0.05) is 17.2 Å². The van der Waals surface area contributed by atoms with Crippen molar-refractivity contribution in [2.45, 2.75) is 26.8 Å². The number of nitrogens with one attached hydrogen (secondary N) is 1. The standard InChI is InChI=1S/C27H24FN5O/c1-3-19-12-14-20(15-13-19)26(34)30-25-16-18(2)31-33(25)27-29-23-10-6-7-11-24(23)32(27)17-21-8-4-5-9-22(21)28/h4-16H,3,17H2,1-2H3,(H,30,34). The second-order valence-corrected chi connectivity index (χ2v) is 8.17. The lowest BCUT2D eigenvalue weighted by molar-refractivity contribution is 0.102. The molecule has 0 bridgehead atoms. The number of carbonyl (C=O) groups excluding carboxylic acids is 1. The Bertz CT molecular complexity index is 1480. The zero-order valence-electron chi connectivity index (χ0n) is 19.0. The van der Waals surface area contributed by atoms with Gasteiger partial charge in [0.2, 0.25) is 5.95 Å². The molecule has 170 valence electrons. The largest absolute Gasteiger partial charge is 0.306 e. The van der Waals surface area contributed by atoms with Gasteiger partial charge in [-0.2, -0.15) is 9.78 Å². The molecule has 0 spiro atoms. The first-order chi connectivity index (χ1) is 16.5. The Labute approximate surface area is 196 Å². The first-order valence-corrected chi connectivity index (χ1v) is 11.2. The van der Waals surface area contributed by atoms with Gasteiger partial charge < -0.3 is 9.88 Å². The van der Waals surface area contributed by atoms with E-state index >= 15 is 0 Å². The fourth-order valence-corrected chi connectivity index (χ4v) is 4.00. The Morgan fingerprint density at radius 1 is 1.00 bits per heavy atom. The van der Waals surface area contributed by atoms with Crippen LogP contribution in [-0.2, 0) is 13.0 Å². The normalized spacial score (nSPS) is 11.1. The molecule has 0 saturated heterocycles. The highest BCUT2D eigenvalue weighted by atomic mass is 19.1. The number of nitrogens with zero attached hydrogens (tertiary/aromatic N) is 4. The molecule has 0 saturated carbocycles. The zero-order valence-corrected chi connectivity index (χ0v) is 19.0. The number of hydrogen-bond acceptors (Lipinski definition) is 3. The predicted molar refractivity (Wildman–Crippen MR) is 131 cm³/mol. The Morgan fingerprint density at radius 3 is 2.50 bits per heavy atom. The number of anilines is 1. The summed E-state index contributed by atoms with van der Waals surface area (Å²) in [7, 11) is 0. The Morgan fingerprint density at radius 2 is 1.74 bits per heavy atom. The molecule has 5 rings (SSSR count). The lowest BCUT2D eigenvalue weighted by Gasteiger charge is -2.13. The second-order valence-electron chi connectivity index (χ2n) is 8.17. The number of halogens is 1. The third-order valence-corrected chi connectivity index (χ3v) is 5.81. The highest BCUT2D eigenvalue weighted by Gasteiger charge is 2.19. The fraction of sp³-hybridized carbons (Fsp3) is 0.148. The van der Waals surface area contributed by atoms with Crippen molar-refractivity contribution in [1.29, 1.82) is 0 Å². The molecule has 0 atom stereocenters. The zero-order chi connectivity index (χ0) is 23.7. The molecule has 7 heteroatoms. The van der Waals surface area contributed by atoms with Gasteiger partial charge in [-0.25, -0.2) is 9.37 Å². The van der Waals surface area contributed by atoms with Crippen LogP contribution in [0.3, 0.4) is 0 Å². The molecule has 6 nitrogen and oxygen atoms in total. The van der Waals surface area contributed by atoms with Crippen molar-refractivity contribution >= 4 is 22.8 Å². The van der Waals surface area contributed by atoms with Gasteiger partial charge in [-0.05, 0) is 49.2 Å². The number of carbonyl (C=O) groups is 1. The molecule has 3 aromatic carbocycles. The monoisotopic (exact) mass is 453 g/mol. The molecule has 0 aliphatic heterocycles. The highest BCUT2D eigenvalue weighted by Crippen LogP contribution is 2.25. The summed E-state index contributed by atoms with van der Waals surface area (Å²) in [6.45, 7) is 4.20. The summed E-state index contributed by atoms with van der Waals surface area (Å²) in [5.41, 5.74) is 4.59. The van der Waals surface area contributed by atoms with Gasteiger partial charge in [0.25, 0.3) is 5.91 Å². The molecule has 0 unspecified atom stereocenters.